The smallest absolute Gasteiger partial charge is 0.240 e. The van der Waals surface area contributed by atoms with Gasteiger partial charge in [-0.1, -0.05) is 18.2 Å². The number of benzene rings is 2. The number of methoxy groups -OCH3 is 1. The summed E-state index contributed by atoms with van der Waals surface area (Å²) in [6.07, 6.45) is 0. The van der Waals surface area contributed by atoms with Crippen LogP contribution in [0.15, 0.2) is 52.4 Å². The fourth-order valence-corrected chi connectivity index (χ4v) is 3.72. The van der Waals surface area contributed by atoms with Crippen LogP contribution in [0.3, 0.4) is 0 Å². The summed E-state index contributed by atoms with van der Waals surface area (Å²) < 4.78 is 58.5. The van der Waals surface area contributed by atoms with Crippen molar-refractivity contribution >= 4 is 16.0 Å². The molecule has 2 aromatic rings. The lowest BCUT2D eigenvalue weighted by atomic mass is 10.1. The van der Waals surface area contributed by atoms with E-state index in [0.717, 1.165) is 17.7 Å². The molecule has 1 atom stereocenters. The molecule has 0 aliphatic heterocycles. The Bertz CT molecular complexity index is 984. The minimum absolute atomic E-state index is 0.149. The van der Waals surface area contributed by atoms with E-state index in [1.54, 1.807) is 32.2 Å². The number of hydrogen-bond donors (Lipinski definition) is 3. The Balaban J connectivity index is 2.00. The predicted octanol–water partition coefficient (Wildman–Crippen LogP) is 2.32. The topological polar surface area (TPSA) is 91.8 Å². The van der Waals surface area contributed by atoms with Crippen molar-refractivity contribution < 1.29 is 21.9 Å². The van der Waals surface area contributed by atoms with Crippen LogP contribution in [0, 0.1) is 11.6 Å². The Kier molecular flexibility index (Phi) is 8.70. The van der Waals surface area contributed by atoms with Crippen LogP contribution in [0.1, 0.15) is 24.1 Å². The predicted molar refractivity (Wildman–Crippen MR) is 112 cm³/mol. The number of halogens is 2. The van der Waals surface area contributed by atoms with Crippen LogP contribution >= 0.6 is 0 Å². The molecule has 164 valence electrons. The Morgan fingerprint density at radius 3 is 2.60 bits per heavy atom. The summed E-state index contributed by atoms with van der Waals surface area (Å²) in [5, 5.41) is 6.16. The number of ether oxygens (including phenoxy) is 1. The molecular formula is C20H26F2N4O3S. The maximum Gasteiger partial charge on any atom is 0.240 e. The Morgan fingerprint density at radius 2 is 1.93 bits per heavy atom. The number of nitrogens with zero attached hydrogens (tertiary/aromatic N) is 1. The van der Waals surface area contributed by atoms with Crippen molar-refractivity contribution in [2.75, 3.05) is 27.3 Å². The normalized spacial score (nSPS) is 13.2. The fourth-order valence-electron chi connectivity index (χ4n) is 2.63. The van der Waals surface area contributed by atoms with Crippen molar-refractivity contribution in [3.8, 4) is 0 Å². The molecule has 0 bridgehead atoms. The lowest BCUT2D eigenvalue weighted by Gasteiger charge is -2.18. The maximum atomic E-state index is 13.5. The first-order valence-corrected chi connectivity index (χ1v) is 10.7. The number of hydrogen-bond acceptors (Lipinski definition) is 4. The molecule has 0 saturated carbocycles. The summed E-state index contributed by atoms with van der Waals surface area (Å²) in [6.45, 7) is 2.56. The number of aliphatic imine (C=N–C) groups is 1. The van der Waals surface area contributed by atoms with Crippen LogP contribution in [-0.4, -0.2) is 41.7 Å². The minimum Gasteiger partial charge on any atom is -0.383 e. The zero-order chi connectivity index (χ0) is 22.1. The standard InChI is InChI=1S/C20H26F2N4O3S/c1-14(16-7-8-18(21)19(22)12-16)26-20(23-2)24-13-15-5-4-6-17(11-15)30(27,28)25-9-10-29-3/h4-8,11-12,14,25H,9-10,13H2,1-3H3,(H2,23,24,26). The molecule has 0 radical (unpaired) electrons. The van der Waals surface area contributed by atoms with Crippen LogP contribution < -0.4 is 15.4 Å². The summed E-state index contributed by atoms with van der Waals surface area (Å²) in [7, 11) is -0.559. The number of guanidine groups is 1. The second-order valence-corrected chi connectivity index (χ2v) is 8.27. The lowest BCUT2D eigenvalue weighted by Crippen LogP contribution is -2.38. The summed E-state index contributed by atoms with van der Waals surface area (Å²) in [5.74, 6) is -1.39. The first kappa shape index (κ1) is 23.7. The molecule has 2 aromatic carbocycles. The molecule has 10 heteroatoms. The number of nitrogens with one attached hydrogen (secondary N) is 3. The van der Waals surface area contributed by atoms with Gasteiger partial charge in [0.05, 0.1) is 17.5 Å². The van der Waals surface area contributed by atoms with Crippen molar-refractivity contribution in [3.05, 3.63) is 65.2 Å². The first-order chi connectivity index (χ1) is 14.3. The quantitative estimate of drug-likeness (QED) is 0.316. The van der Waals surface area contributed by atoms with E-state index in [-0.39, 0.29) is 24.1 Å². The highest BCUT2D eigenvalue weighted by Gasteiger charge is 2.14. The third-order valence-electron chi connectivity index (χ3n) is 4.29. The van der Waals surface area contributed by atoms with Gasteiger partial charge in [-0.3, -0.25) is 4.99 Å². The fraction of sp³-hybridized carbons (Fsp3) is 0.350. The molecule has 7 nitrogen and oxygen atoms in total. The molecule has 0 heterocycles. The van der Waals surface area contributed by atoms with Gasteiger partial charge in [0.25, 0.3) is 0 Å². The first-order valence-electron chi connectivity index (χ1n) is 9.26. The van der Waals surface area contributed by atoms with Crippen LogP contribution in [0.25, 0.3) is 0 Å². The summed E-state index contributed by atoms with van der Waals surface area (Å²) in [5.41, 5.74) is 1.29. The molecule has 0 aromatic heterocycles. The average molecular weight is 441 g/mol. The van der Waals surface area contributed by atoms with E-state index in [9.17, 15) is 17.2 Å². The molecule has 3 N–H and O–H groups in total. The van der Waals surface area contributed by atoms with E-state index in [1.165, 1.54) is 19.2 Å². The molecule has 0 aliphatic rings. The van der Waals surface area contributed by atoms with E-state index in [2.05, 4.69) is 20.3 Å². The van der Waals surface area contributed by atoms with Crippen LogP contribution in [-0.2, 0) is 21.3 Å². The van der Waals surface area contributed by atoms with Gasteiger partial charge in [0.15, 0.2) is 17.6 Å². The zero-order valence-electron chi connectivity index (χ0n) is 17.1. The van der Waals surface area contributed by atoms with Gasteiger partial charge < -0.3 is 15.4 Å². The molecule has 2 rings (SSSR count). The largest absolute Gasteiger partial charge is 0.383 e. The molecule has 1 unspecified atom stereocenters. The second-order valence-electron chi connectivity index (χ2n) is 6.50. The molecule has 0 spiro atoms. The molecule has 0 amide bonds. The minimum atomic E-state index is -3.63. The zero-order valence-corrected chi connectivity index (χ0v) is 17.9. The summed E-state index contributed by atoms with van der Waals surface area (Å²) in [4.78, 5) is 4.26. The second kappa shape index (κ2) is 11.0. The maximum absolute atomic E-state index is 13.5. The Labute approximate surface area is 175 Å². The van der Waals surface area contributed by atoms with Crippen molar-refractivity contribution in [3.63, 3.8) is 0 Å². The molecule has 0 aliphatic carbocycles. The number of sulfonamides is 1. The molecular weight excluding hydrogens is 414 g/mol. The van der Waals surface area contributed by atoms with Crippen LogP contribution in [0.4, 0.5) is 8.78 Å². The average Bonchev–Trinajstić information content (AvgIpc) is 2.73. The number of rotatable bonds is 9. The van der Waals surface area contributed by atoms with Crippen LogP contribution in [0.2, 0.25) is 0 Å². The third kappa shape index (κ3) is 6.75. The lowest BCUT2D eigenvalue weighted by molar-refractivity contribution is 0.204. The molecule has 0 saturated heterocycles. The third-order valence-corrected chi connectivity index (χ3v) is 5.75. The van der Waals surface area contributed by atoms with E-state index in [0.29, 0.717) is 18.1 Å². The van der Waals surface area contributed by atoms with E-state index in [4.69, 9.17) is 4.74 Å². The molecule has 0 fully saturated rings. The van der Waals surface area contributed by atoms with Gasteiger partial charge >= 0.3 is 0 Å². The summed E-state index contributed by atoms with van der Waals surface area (Å²) in [6, 6.07) is 9.88. The van der Waals surface area contributed by atoms with E-state index >= 15 is 0 Å². The van der Waals surface area contributed by atoms with Crippen molar-refractivity contribution in [2.24, 2.45) is 4.99 Å². The Hall–Kier alpha value is -2.56. The monoisotopic (exact) mass is 440 g/mol. The SMILES string of the molecule is CN=C(NCc1cccc(S(=O)(=O)NCCOC)c1)NC(C)c1ccc(F)c(F)c1. The van der Waals surface area contributed by atoms with E-state index < -0.39 is 21.7 Å². The summed E-state index contributed by atoms with van der Waals surface area (Å²) >= 11 is 0. The van der Waals surface area contributed by atoms with Crippen LogP contribution in [0.5, 0.6) is 0 Å². The van der Waals surface area contributed by atoms with Gasteiger partial charge in [0, 0.05) is 27.2 Å². The van der Waals surface area contributed by atoms with Gasteiger partial charge in [-0.25, -0.2) is 21.9 Å². The van der Waals surface area contributed by atoms with Crippen molar-refractivity contribution in [1.29, 1.82) is 0 Å². The van der Waals surface area contributed by atoms with E-state index in [1.807, 2.05) is 0 Å². The molecule has 30 heavy (non-hydrogen) atoms. The van der Waals surface area contributed by atoms with Crippen molar-refractivity contribution in [1.82, 2.24) is 15.4 Å². The van der Waals surface area contributed by atoms with Gasteiger partial charge in [-0.15, -0.1) is 0 Å². The highest BCUT2D eigenvalue weighted by atomic mass is 32.2. The Morgan fingerprint density at radius 1 is 1.17 bits per heavy atom. The van der Waals surface area contributed by atoms with Gasteiger partial charge in [0.1, 0.15) is 0 Å². The highest BCUT2D eigenvalue weighted by molar-refractivity contribution is 7.89. The van der Waals surface area contributed by atoms with Gasteiger partial charge in [0.2, 0.25) is 10.0 Å². The van der Waals surface area contributed by atoms with Crippen molar-refractivity contribution in [2.45, 2.75) is 24.4 Å². The van der Waals surface area contributed by atoms with Gasteiger partial charge in [-0.2, -0.15) is 0 Å². The highest BCUT2D eigenvalue weighted by Crippen LogP contribution is 2.16. The van der Waals surface area contributed by atoms with Gasteiger partial charge in [-0.05, 0) is 42.3 Å².